The van der Waals surface area contributed by atoms with Crippen LogP contribution in [0.3, 0.4) is 0 Å². The fraction of sp³-hybridized carbons (Fsp3) is 0.833. The van der Waals surface area contributed by atoms with Crippen molar-refractivity contribution in [2.75, 3.05) is 0 Å². The average Bonchev–Trinajstić information content (AvgIpc) is 2.13. The smallest absolute Gasteiger partial charge is 0.201 e. The lowest BCUT2D eigenvalue weighted by molar-refractivity contribution is -0.113. The van der Waals surface area contributed by atoms with Gasteiger partial charge in [-0.05, 0) is 28.8 Å². The molecular formula is C6H8Br2O. The molecule has 0 aromatic carbocycles. The van der Waals surface area contributed by atoms with Gasteiger partial charge in [0.05, 0.1) is 0 Å². The van der Waals surface area contributed by atoms with Crippen molar-refractivity contribution in [3.05, 3.63) is 0 Å². The molecule has 3 heteroatoms. The van der Waals surface area contributed by atoms with Crippen LogP contribution in [0.1, 0.15) is 19.3 Å². The molecule has 0 radical (unpaired) electrons. The first-order valence-corrected chi connectivity index (χ1v) is 4.76. The maximum absolute atomic E-state index is 10.7. The number of alkyl halides is 1. The maximum atomic E-state index is 10.7. The van der Waals surface area contributed by atoms with E-state index in [0.717, 1.165) is 12.8 Å². The first-order chi connectivity index (χ1) is 4.22. The van der Waals surface area contributed by atoms with Crippen molar-refractivity contribution < 1.29 is 4.79 Å². The molecule has 1 saturated carbocycles. The van der Waals surface area contributed by atoms with Crippen LogP contribution in [-0.2, 0) is 4.79 Å². The van der Waals surface area contributed by atoms with Crippen LogP contribution in [-0.4, -0.2) is 9.52 Å². The highest BCUT2D eigenvalue weighted by Crippen LogP contribution is 2.33. The molecule has 0 aromatic heterocycles. The summed E-state index contributed by atoms with van der Waals surface area (Å²) in [4.78, 5) is 11.2. The lowest BCUT2D eigenvalue weighted by Crippen LogP contribution is -2.12. The molecule has 0 amide bonds. The molecule has 0 aliphatic heterocycles. The zero-order valence-electron chi connectivity index (χ0n) is 4.94. The molecule has 2 unspecified atom stereocenters. The van der Waals surface area contributed by atoms with E-state index >= 15 is 0 Å². The zero-order chi connectivity index (χ0) is 6.85. The molecule has 1 rings (SSSR count). The quantitative estimate of drug-likeness (QED) is 0.520. The van der Waals surface area contributed by atoms with Gasteiger partial charge in [-0.1, -0.05) is 22.4 Å². The first-order valence-electron chi connectivity index (χ1n) is 3.05. The van der Waals surface area contributed by atoms with Crippen molar-refractivity contribution in [3.63, 3.8) is 0 Å². The van der Waals surface area contributed by atoms with Gasteiger partial charge in [0.25, 0.3) is 0 Å². The topological polar surface area (TPSA) is 17.1 Å². The number of carbonyl (C=O) groups is 1. The molecule has 1 nitrogen and oxygen atoms in total. The molecule has 1 aliphatic rings. The summed E-state index contributed by atoms with van der Waals surface area (Å²) in [6, 6.07) is 0. The molecule has 9 heavy (non-hydrogen) atoms. The molecule has 2 atom stereocenters. The van der Waals surface area contributed by atoms with Crippen LogP contribution >= 0.6 is 31.9 Å². The highest BCUT2D eigenvalue weighted by atomic mass is 79.9. The third kappa shape index (κ3) is 1.77. The monoisotopic (exact) mass is 254 g/mol. The van der Waals surface area contributed by atoms with Crippen molar-refractivity contribution >= 4 is 36.6 Å². The van der Waals surface area contributed by atoms with E-state index in [1.165, 1.54) is 6.42 Å². The molecule has 0 saturated heterocycles. The van der Waals surface area contributed by atoms with E-state index in [2.05, 4.69) is 31.9 Å². The molecule has 52 valence electrons. The Morgan fingerprint density at radius 2 is 2.11 bits per heavy atom. The summed E-state index contributed by atoms with van der Waals surface area (Å²) in [5, 5.41) is 0. The van der Waals surface area contributed by atoms with Crippen LogP contribution in [0.15, 0.2) is 0 Å². The largest absolute Gasteiger partial charge is 0.286 e. The summed E-state index contributed by atoms with van der Waals surface area (Å²) >= 11 is 6.43. The fourth-order valence-electron chi connectivity index (χ4n) is 1.17. The summed E-state index contributed by atoms with van der Waals surface area (Å²) in [5.74, 6) is 0.227. The SMILES string of the molecule is O=C(Br)C1CCCC1Br. The van der Waals surface area contributed by atoms with E-state index in [1.54, 1.807) is 0 Å². The Labute approximate surface area is 71.5 Å². The summed E-state index contributed by atoms with van der Waals surface area (Å²) in [5.41, 5.74) is 0. The fourth-order valence-corrected chi connectivity index (χ4v) is 2.90. The number of carbonyl (C=O) groups excluding carboxylic acids is 1. The normalized spacial score (nSPS) is 34.9. The molecule has 0 bridgehead atoms. The van der Waals surface area contributed by atoms with E-state index in [9.17, 15) is 4.79 Å². The number of rotatable bonds is 1. The van der Waals surface area contributed by atoms with Gasteiger partial charge in [0.1, 0.15) is 0 Å². The van der Waals surface area contributed by atoms with Gasteiger partial charge in [-0.25, -0.2) is 0 Å². The minimum Gasteiger partial charge on any atom is -0.286 e. The molecule has 1 aliphatic carbocycles. The lowest BCUT2D eigenvalue weighted by Gasteiger charge is -2.06. The van der Waals surface area contributed by atoms with E-state index in [-0.39, 0.29) is 10.6 Å². The van der Waals surface area contributed by atoms with Crippen molar-refractivity contribution in [3.8, 4) is 0 Å². The summed E-state index contributed by atoms with van der Waals surface area (Å²) < 4.78 is 0.155. The summed E-state index contributed by atoms with van der Waals surface area (Å²) in [7, 11) is 0. The van der Waals surface area contributed by atoms with E-state index < -0.39 is 0 Å². The highest BCUT2D eigenvalue weighted by molar-refractivity contribution is 9.18. The van der Waals surface area contributed by atoms with Crippen molar-refractivity contribution in [2.24, 2.45) is 5.92 Å². The molecule has 0 aromatic rings. The van der Waals surface area contributed by atoms with E-state index in [4.69, 9.17) is 0 Å². The van der Waals surface area contributed by atoms with Crippen LogP contribution in [0, 0.1) is 5.92 Å². The van der Waals surface area contributed by atoms with E-state index in [0.29, 0.717) is 4.83 Å². The van der Waals surface area contributed by atoms with Gasteiger partial charge in [0, 0.05) is 10.7 Å². The van der Waals surface area contributed by atoms with Crippen molar-refractivity contribution in [1.29, 1.82) is 0 Å². The second-order valence-electron chi connectivity index (χ2n) is 2.36. The Morgan fingerprint density at radius 1 is 1.44 bits per heavy atom. The maximum Gasteiger partial charge on any atom is 0.201 e. The van der Waals surface area contributed by atoms with Gasteiger partial charge in [0.15, 0.2) is 0 Å². The van der Waals surface area contributed by atoms with Crippen LogP contribution in [0.5, 0.6) is 0 Å². The first kappa shape index (κ1) is 7.73. The van der Waals surface area contributed by atoms with Gasteiger partial charge in [0.2, 0.25) is 4.69 Å². The predicted molar refractivity (Wildman–Crippen MR) is 44.0 cm³/mol. The van der Waals surface area contributed by atoms with E-state index in [1.807, 2.05) is 0 Å². The van der Waals surface area contributed by atoms with Crippen molar-refractivity contribution in [2.45, 2.75) is 24.1 Å². The van der Waals surface area contributed by atoms with Crippen LogP contribution < -0.4 is 0 Å². The Morgan fingerprint density at radius 3 is 2.33 bits per heavy atom. The Bertz CT molecular complexity index is 124. The molecule has 0 N–H and O–H groups in total. The second-order valence-corrected chi connectivity index (χ2v) is 4.32. The number of halogens is 2. The molecule has 1 fully saturated rings. The second kappa shape index (κ2) is 3.15. The van der Waals surface area contributed by atoms with Crippen LogP contribution in [0.2, 0.25) is 0 Å². The minimum atomic E-state index is 0.155. The minimum absolute atomic E-state index is 0.155. The van der Waals surface area contributed by atoms with Gasteiger partial charge in [-0.3, -0.25) is 4.79 Å². The van der Waals surface area contributed by atoms with Gasteiger partial charge < -0.3 is 0 Å². The molecule has 0 heterocycles. The van der Waals surface area contributed by atoms with Crippen molar-refractivity contribution in [1.82, 2.24) is 0 Å². The number of hydrogen-bond acceptors (Lipinski definition) is 1. The van der Waals surface area contributed by atoms with Gasteiger partial charge >= 0.3 is 0 Å². The zero-order valence-corrected chi connectivity index (χ0v) is 8.11. The van der Waals surface area contributed by atoms with Crippen LogP contribution in [0.4, 0.5) is 0 Å². The third-order valence-corrected chi connectivity index (χ3v) is 3.41. The standard InChI is InChI=1S/C6H8Br2O/c7-5-3-1-2-4(5)6(8)9/h4-5H,1-3H2. The molecule has 0 spiro atoms. The summed E-state index contributed by atoms with van der Waals surface area (Å²) in [6.45, 7) is 0. The Hall–Kier alpha value is 0.630. The third-order valence-electron chi connectivity index (χ3n) is 1.72. The Balaban J connectivity index is 2.49. The Kier molecular flexibility index (Phi) is 2.71. The lowest BCUT2D eigenvalue weighted by atomic mass is 10.1. The van der Waals surface area contributed by atoms with Gasteiger partial charge in [-0.15, -0.1) is 0 Å². The number of hydrogen-bond donors (Lipinski definition) is 0. The summed E-state index contributed by atoms with van der Waals surface area (Å²) in [6.07, 6.45) is 3.36. The van der Waals surface area contributed by atoms with Crippen LogP contribution in [0.25, 0.3) is 0 Å². The highest BCUT2D eigenvalue weighted by Gasteiger charge is 2.29. The van der Waals surface area contributed by atoms with Gasteiger partial charge in [-0.2, -0.15) is 0 Å². The molecular weight excluding hydrogens is 248 g/mol. The average molecular weight is 256 g/mol. The predicted octanol–water partition coefficient (Wildman–Crippen LogP) is 2.47.